The van der Waals surface area contributed by atoms with Crippen molar-refractivity contribution in [1.82, 2.24) is 30.0 Å². The second kappa shape index (κ2) is 11.9. The van der Waals surface area contributed by atoms with E-state index in [2.05, 4.69) is 15.2 Å². The highest BCUT2D eigenvalue weighted by atomic mass is 19.1. The maximum Gasteiger partial charge on any atom is 0.320 e. The van der Waals surface area contributed by atoms with Crippen molar-refractivity contribution < 1.29 is 28.2 Å². The van der Waals surface area contributed by atoms with Gasteiger partial charge in [0.2, 0.25) is 5.91 Å². The number of phenols is 1. The Kier molecular flexibility index (Phi) is 8.11. The number of imidazole rings is 1. The molecule has 0 spiro atoms. The third-order valence-corrected chi connectivity index (χ3v) is 8.56. The smallest absolute Gasteiger partial charge is 0.320 e. The Labute approximate surface area is 259 Å². The lowest BCUT2D eigenvalue weighted by Gasteiger charge is -2.35. The van der Waals surface area contributed by atoms with Crippen LogP contribution in [0.25, 0.3) is 33.5 Å². The van der Waals surface area contributed by atoms with Crippen molar-refractivity contribution in [1.29, 1.82) is 0 Å². The van der Waals surface area contributed by atoms with E-state index in [0.29, 0.717) is 85.6 Å². The number of fused-ring (bicyclic) bond motifs is 2. The Morgan fingerprint density at radius 2 is 1.84 bits per heavy atom. The van der Waals surface area contributed by atoms with Crippen LogP contribution in [0.3, 0.4) is 0 Å². The first-order valence-corrected chi connectivity index (χ1v) is 15.4. The summed E-state index contributed by atoms with van der Waals surface area (Å²) in [5.74, 6) is -1.63. The summed E-state index contributed by atoms with van der Waals surface area (Å²) in [6, 6.07) is 5.63. The van der Waals surface area contributed by atoms with Crippen LogP contribution >= 0.6 is 0 Å². The van der Waals surface area contributed by atoms with Crippen LogP contribution in [-0.4, -0.2) is 78.7 Å². The monoisotopic (exact) mass is 620 g/mol. The summed E-state index contributed by atoms with van der Waals surface area (Å²) >= 11 is 0. The minimum atomic E-state index is -0.773. The van der Waals surface area contributed by atoms with E-state index in [1.54, 1.807) is 6.07 Å². The zero-order valence-electron chi connectivity index (χ0n) is 26.0. The number of hydrogen-bond acceptors (Lipinski definition) is 7. The number of likely N-dealkylation sites (tertiary alicyclic amines) is 1. The summed E-state index contributed by atoms with van der Waals surface area (Å²) in [7, 11) is 0. The van der Waals surface area contributed by atoms with Crippen LogP contribution in [0.4, 0.5) is 8.78 Å². The van der Waals surface area contributed by atoms with Crippen molar-refractivity contribution in [2.75, 3.05) is 26.2 Å². The molecule has 6 rings (SSSR count). The first-order valence-electron chi connectivity index (χ1n) is 15.4. The molecule has 4 heterocycles. The summed E-state index contributed by atoms with van der Waals surface area (Å²) in [6.45, 7) is 9.85. The summed E-state index contributed by atoms with van der Waals surface area (Å²) in [4.78, 5) is 37.5. The normalized spacial score (nSPS) is 16.3. The van der Waals surface area contributed by atoms with Crippen LogP contribution in [0.2, 0.25) is 0 Å². The predicted molar refractivity (Wildman–Crippen MR) is 164 cm³/mol. The van der Waals surface area contributed by atoms with Gasteiger partial charge in [-0.3, -0.25) is 19.6 Å². The zero-order valence-corrected chi connectivity index (χ0v) is 26.0. The third kappa shape index (κ3) is 6.28. The van der Waals surface area contributed by atoms with E-state index >= 15 is 4.39 Å². The molecule has 1 saturated heterocycles. The fourth-order valence-corrected chi connectivity index (χ4v) is 6.34. The molecule has 2 aromatic carbocycles. The molecule has 45 heavy (non-hydrogen) atoms. The van der Waals surface area contributed by atoms with Gasteiger partial charge in [0.1, 0.15) is 17.1 Å². The van der Waals surface area contributed by atoms with Crippen molar-refractivity contribution in [3.63, 3.8) is 0 Å². The van der Waals surface area contributed by atoms with Crippen molar-refractivity contribution >= 4 is 22.8 Å². The largest absolute Gasteiger partial charge is 0.505 e. The Morgan fingerprint density at radius 3 is 2.56 bits per heavy atom. The topological polar surface area (TPSA) is 127 Å². The SMILES string of the molecule is CCc1cc(O)c(F)cc1-c1cc(F)c2c(-c3nc4c([nH]3)CCN(C(=O)C3CCN(CC(=O)OC(C)(C)C)CC3)C4)n[nH]c2c1. The molecule has 1 amide bonds. The molecule has 12 heteroatoms. The molecule has 0 bridgehead atoms. The molecule has 10 nitrogen and oxygen atoms in total. The van der Waals surface area contributed by atoms with Gasteiger partial charge in [0.25, 0.3) is 0 Å². The van der Waals surface area contributed by atoms with Gasteiger partial charge in [0.05, 0.1) is 29.7 Å². The number of phenolic OH excluding ortho intramolecular Hbond substituents is 1. The van der Waals surface area contributed by atoms with E-state index in [0.717, 1.165) is 11.4 Å². The minimum Gasteiger partial charge on any atom is -0.505 e. The van der Waals surface area contributed by atoms with Gasteiger partial charge < -0.3 is 19.7 Å². The Balaban J connectivity index is 1.15. The Morgan fingerprint density at radius 1 is 1.09 bits per heavy atom. The van der Waals surface area contributed by atoms with Gasteiger partial charge in [-0.15, -0.1) is 0 Å². The van der Waals surface area contributed by atoms with E-state index in [-0.39, 0.29) is 29.7 Å². The fourth-order valence-electron chi connectivity index (χ4n) is 6.34. The highest BCUT2D eigenvalue weighted by molar-refractivity contribution is 5.94. The number of aryl methyl sites for hydroxylation is 1. The van der Waals surface area contributed by atoms with Crippen molar-refractivity contribution in [2.45, 2.75) is 65.5 Å². The fraction of sp³-hybridized carbons (Fsp3) is 0.455. The second-order valence-electron chi connectivity index (χ2n) is 12.9. The van der Waals surface area contributed by atoms with Crippen LogP contribution in [0.15, 0.2) is 24.3 Å². The van der Waals surface area contributed by atoms with Gasteiger partial charge in [-0.1, -0.05) is 6.92 Å². The molecule has 0 unspecified atom stereocenters. The molecule has 2 aromatic heterocycles. The van der Waals surface area contributed by atoms with Crippen LogP contribution in [0, 0.1) is 17.6 Å². The predicted octanol–water partition coefficient (Wildman–Crippen LogP) is 5.10. The number of H-pyrrole nitrogens is 2. The molecule has 0 atom stereocenters. The number of rotatable bonds is 6. The molecule has 0 radical (unpaired) electrons. The molecule has 4 aromatic rings. The van der Waals surface area contributed by atoms with Crippen molar-refractivity contribution in [3.8, 4) is 28.4 Å². The molecular weight excluding hydrogens is 582 g/mol. The molecule has 2 aliphatic heterocycles. The molecule has 1 fully saturated rings. The average Bonchev–Trinajstić information content (AvgIpc) is 3.61. The summed E-state index contributed by atoms with van der Waals surface area (Å²) < 4.78 is 35.3. The number of halogens is 2. The van der Waals surface area contributed by atoms with Gasteiger partial charge in [0.15, 0.2) is 17.4 Å². The highest BCUT2D eigenvalue weighted by Gasteiger charge is 2.33. The number of nitrogens with zero attached hydrogens (tertiary/aromatic N) is 4. The number of esters is 1. The van der Waals surface area contributed by atoms with Crippen LogP contribution < -0.4 is 0 Å². The molecule has 238 valence electrons. The van der Waals surface area contributed by atoms with Gasteiger partial charge in [-0.25, -0.2) is 13.8 Å². The number of ether oxygens (including phenoxy) is 1. The number of hydrogen-bond donors (Lipinski definition) is 3. The van der Waals surface area contributed by atoms with E-state index in [1.165, 1.54) is 18.2 Å². The first kappa shape index (κ1) is 30.7. The lowest BCUT2D eigenvalue weighted by Crippen LogP contribution is -2.45. The molecule has 0 saturated carbocycles. The molecule has 3 N–H and O–H groups in total. The zero-order chi connectivity index (χ0) is 32.0. The number of aromatic nitrogens is 4. The van der Waals surface area contributed by atoms with E-state index in [4.69, 9.17) is 9.72 Å². The van der Waals surface area contributed by atoms with Crippen LogP contribution in [-0.2, 0) is 33.7 Å². The van der Waals surface area contributed by atoms with Crippen LogP contribution in [0.5, 0.6) is 5.75 Å². The maximum atomic E-state index is 15.6. The van der Waals surface area contributed by atoms with E-state index < -0.39 is 23.0 Å². The number of aromatic amines is 2. The highest BCUT2D eigenvalue weighted by Crippen LogP contribution is 2.36. The Bertz CT molecular complexity index is 1770. The van der Waals surface area contributed by atoms with Gasteiger partial charge >= 0.3 is 5.97 Å². The average molecular weight is 621 g/mol. The van der Waals surface area contributed by atoms with E-state index in [1.807, 2.05) is 37.5 Å². The second-order valence-corrected chi connectivity index (χ2v) is 12.9. The first-order chi connectivity index (χ1) is 21.4. The van der Waals surface area contributed by atoms with Crippen molar-refractivity contribution in [3.05, 3.63) is 52.9 Å². The lowest BCUT2D eigenvalue weighted by atomic mass is 9.94. The number of piperidine rings is 1. The number of benzene rings is 2. The number of carbonyl (C=O) groups excluding carboxylic acids is 2. The standard InChI is InChI=1S/C33H38F2N6O4/c1-5-18-14-27(42)22(34)15-21(18)20-12-23(35)29-25(13-20)38-39-30(29)31-36-24-8-11-41(16-26(24)37-31)32(44)19-6-9-40(10-7-19)17-28(43)45-33(2,3)4/h12-15,19,42H,5-11,16-17H2,1-4H3,(H,36,37)(H,38,39). The number of amides is 1. The minimum absolute atomic E-state index is 0.0861. The number of nitrogens with one attached hydrogen (secondary N) is 2. The number of aromatic hydroxyl groups is 1. The Hall–Kier alpha value is -4.32. The van der Waals surface area contributed by atoms with Crippen LogP contribution in [0.1, 0.15) is 57.5 Å². The lowest BCUT2D eigenvalue weighted by molar-refractivity contribution is -0.156. The quantitative estimate of drug-likeness (QED) is 0.256. The number of carbonyl (C=O) groups is 2. The maximum absolute atomic E-state index is 15.6. The van der Waals surface area contributed by atoms with Gasteiger partial charge in [0, 0.05) is 24.6 Å². The third-order valence-electron chi connectivity index (χ3n) is 8.56. The summed E-state index contributed by atoms with van der Waals surface area (Å²) in [5.41, 5.74) is 3.50. The van der Waals surface area contributed by atoms with E-state index in [9.17, 15) is 19.1 Å². The molecule has 2 aliphatic rings. The van der Waals surface area contributed by atoms with Crippen molar-refractivity contribution in [2.24, 2.45) is 5.92 Å². The van der Waals surface area contributed by atoms with Gasteiger partial charge in [-0.2, -0.15) is 5.10 Å². The summed E-state index contributed by atoms with van der Waals surface area (Å²) in [5, 5.41) is 17.3. The molecule has 0 aliphatic carbocycles. The molecular formula is C33H38F2N6O4. The van der Waals surface area contributed by atoms with Gasteiger partial charge in [-0.05, 0) is 94.1 Å². The summed E-state index contributed by atoms with van der Waals surface area (Å²) in [6.07, 6.45) is 2.47.